The maximum Gasteiger partial charge on any atom is 0.425 e. The number of benzene rings is 1. The number of hydrogen-bond acceptors (Lipinski definition) is 5. The summed E-state index contributed by atoms with van der Waals surface area (Å²) in [5.74, 6) is -3.41. The molecule has 2 aromatic rings. The topological polar surface area (TPSA) is 91.7 Å². The minimum absolute atomic E-state index is 0.0315. The first-order chi connectivity index (χ1) is 15.3. The smallest absolute Gasteiger partial charge is 0.425 e. The van der Waals surface area contributed by atoms with Gasteiger partial charge < -0.3 is 15.1 Å². The summed E-state index contributed by atoms with van der Waals surface area (Å²) in [7, 11) is 0. The van der Waals surface area contributed by atoms with Crippen molar-refractivity contribution in [2.45, 2.75) is 46.0 Å². The van der Waals surface area contributed by atoms with E-state index in [-0.39, 0.29) is 17.9 Å². The molecule has 176 valence electrons. The van der Waals surface area contributed by atoms with E-state index < -0.39 is 40.4 Å². The number of furan rings is 1. The molecule has 1 atom stereocenters. The van der Waals surface area contributed by atoms with E-state index in [9.17, 15) is 27.6 Å². The van der Waals surface area contributed by atoms with Gasteiger partial charge in [0.1, 0.15) is 5.76 Å². The number of nitrogens with one attached hydrogen (secondary N) is 2. The van der Waals surface area contributed by atoms with Crippen molar-refractivity contribution in [1.82, 2.24) is 10.6 Å². The Morgan fingerprint density at radius 3 is 2.21 bits per heavy atom. The minimum Gasteiger partial charge on any atom is -0.467 e. The molecule has 1 aromatic heterocycles. The molecule has 33 heavy (non-hydrogen) atoms. The number of carbonyl (C=O) groups is 3. The molecule has 3 amide bonds. The molecule has 0 saturated carbocycles. The second-order valence-corrected chi connectivity index (χ2v) is 8.67. The summed E-state index contributed by atoms with van der Waals surface area (Å²) < 4.78 is 49.3. The van der Waals surface area contributed by atoms with Crippen LogP contribution in [0.5, 0.6) is 0 Å². The van der Waals surface area contributed by atoms with Gasteiger partial charge >= 0.3 is 6.18 Å². The zero-order valence-electron chi connectivity index (χ0n) is 18.5. The zero-order valence-corrected chi connectivity index (χ0v) is 18.5. The van der Waals surface area contributed by atoms with Crippen LogP contribution in [-0.2, 0) is 20.9 Å². The predicted molar refractivity (Wildman–Crippen MR) is 114 cm³/mol. The summed E-state index contributed by atoms with van der Waals surface area (Å²) in [5, 5.41) is 4.60. The van der Waals surface area contributed by atoms with E-state index in [0.717, 1.165) is 0 Å². The lowest BCUT2D eigenvalue weighted by Gasteiger charge is -2.34. The third-order valence-electron chi connectivity index (χ3n) is 5.22. The first-order valence-electron chi connectivity index (χ1n) is 10.1. The maximum atomic E-state index is 14.7. The molecule has 0 bridgehead atoms. The summed E-state index contributed by atoms with van der Waals surface area (Å²) >= 11 is 0. The monoisotopic (exact) mass is 463 g/mol. The van der Waals surface area contributed by atoms with E-state index in [1.54, 1.807) is 18.2 Å². The Labute approximate surface area is 188 Å². The van der Waals surface area contributed by atoms with E-state index >= 15 is 0 Å². The van der Waals surface area contributed by atoms with Gasteiger partial charge in [-0.1, -0.05) is 39.0 Å². The van der Waals surface area contributed by atoms with Gasteiger partial charge in [0.2, 0.25) is 11.4 Å². The lowest BCUT2D eigenvalue weighted by Crippen LogP contribution is -2.66. The average molecular weight is 463 g/mol. The first kappa shape index (κ1) is 24.1. The number of carbonyl (C=O) groups excluding carboxylic acids is 3. The highest BCUT2D eigenvalue weighted by molar-refractivity contribution is 6.34. The van der Waals surface area contributed by atoms with Gasteiger partial charge in [0.25, 0.3) is 11.8 Å². The fourth-order valence-corrected chi connectivity index (χ4v) is 3.42. The summed E-state index contributed by atoms with van der Waals surface area (Å²) in [4.78, 5) is 39.9. The number of allylic oxidation sites excluding steroid dienone is 1. The van der Waals surface area contributed by atoms with Crippen LogP contribution in [0.1, 0.15) is 33.5 Å². The molecule has 1 fully saturated rings. The van der Waals surface area contributed by atoms with Crippen LogP contribution in [0.25, 0.3) is 0 Å². The molecule has 3 rings (SSSR count). The van der Waals surface area contributed by atoms with Crippen LogP contribution in [-0.4, -0.2) is 29.4 Å². The minimum atomic E-state index is -5.31. The van der Waals surface area contributed by atoms with Crippen molar-refractivity contribution >= 4 is 23.4 Å². The number of rotatable bonds is 5. The number of alkyl halides is 3. The molecule has 1 aromatic carbocycles. The highest BCUT2D eigenvalue weighted by Gasteiger charge is 2.72. The Morgan fingerprint density at radius 1 is 1.06 bits per heavy atom. The molecule has 2 heterocycles. The first-order valence-corrected chi connectivity index (χ1v) is 10.1. The molecule has 10 heteroatoms. The molecule has 7 nitrogen and oxygen atoms in total. The quantitative estimate of drug-likeness (QED) is 0.522. The Balaban J connectivity index is 2.21. The standard InChI is InChI=1S/C23H24F3N3O4/c1-14(27-13-16-11-8-12-33-16)17-18(30)29(15-9-6-5-7-10-15)20(32)22(17,23(24,25)26)28-19(31)21(2,3)4/h5-12,27H,13H2,1-4H3,(H,28,31)/b17-14+/t22-/m1/s1. The van der Waals surface area contributed by atoms with Crippen molar-refractivity contribution < 1.29 is 32.0 Å². The van der Waals surface area contributed by atoms with Crippen LogP contribution < -0.4 is 15.5 Å². The predicted octanol–water partition coefficient (Wildman–Crippen LogP) is 3.68. The molecular weight excluding hydrogens is 439 g/mol. The lowest BCUT2D eigenvalue weighted by atomic mass is 9.86. The van der Waals surface area contributed by atoms with Crippen molar-refractivity contribution in [2.75, 3.05) is 4.90 Å². The van der Waals surface area contributed by atoms with Gasteiger partial charge in [-0.05, 0) is 31.2 Å². The highest BCUT2D eigenvalue weighted by atomic mass is 19.4. The number of hydrogen-bond donors (Lipinski definition) is 2. The Morgan fingerprint density at radius 2 is 1.70 bits per heavy atom. The zero-order chi connectivity index (χ0) is 24.6. The highest BCUT2D eigenvalue weighted by Crippen LogP contribution is 2.46. The summed E-state index contributed by atoms with van der Waals surface area (Å²) in [5.41, 5.74) is -5.98. The molecular formula is C23H24F3N3O4. The largest absolute Gasteiger partial charge is 0.467 e. The van der Waals surface area contributed by atoms with Crippen LogP contribution in [0, 0.1) is 5.41 Å². The number of para-hydroxylation sites is 1. The van der Waals surface area contributed by atoms with Crippen molar-refractivity contribution in [2.24, 2.45) is 5.41 Å². The van der Waals surface area contributed by atoms with Crippen LogP contribution in [0.2, 0.25) is 0 Å². The molecule has 2 N–H and O–H groups in total. The van der Waals surface area contributed by atoms with E-state index in [4.69, 9.17) is 4.42 Å². The fourth-order valence-electron chi connectivity index (χ4n) is 3.42. The second kappa shape index (κ2) is 8.42. The molecule has 0 unspecified atom stereocenters. The molecule has 1 aliphatic rings. The van der Waals surface area contributed by atoms with Crippen LogP contribution in [0.15, 0.2) is 64.4 Å². The van der Waals surface area contributed by atoms with Gasteiger partial charge in [-0.15, -0.1) is 0 Å². The van der Waals surface area contributed by atoms with Gasteiger partial charge in [-0.3, -0.25) is 14.4 Å². The van der Waals surface area contributed by atoms with E-state index in [0.29, 0.717) is 10.7 Å². The van der Waals surface area contributed by atoms with Crippen LogP contribution in [0.4, 0.5) is 18.9 Å². The normalized spacial score (nSPS) is 20.8. The van der Waals surface area contributed by atoms with E-state index in [2.05, 4.69) is 5.32 Å². The van der Waals surface area contributed by atoms with Gasteiger partial charge in [0.15, 0.2) is 0 Å². The third kappa shape index (κ3) is 4.24. The summed E-state index contributed by atoms with van der Waals surface area (Å²) in [6.45, 7) is 5.45. The Hall–Kier alpha value is -3.56. The van der Waals surface area contributed by atoms with Crippen molar-refractivity contribution in [3.63, 3.8) is 0 Å². The number of imide groups is 1. The van der Waals surface area contributed by atoms with Crippen LogP contribution >= 0.6 is 0 Å². The number of nitrogens with zero attached hydrogens (tertiary/aromatic N) is 1. The van der Waals surface area contributed by atoms with Gasteiger partial charge in [-0.2, -0.15) is 13.2 Å². The lowest BCUT2D eigenvalue weighted by molar-refractivity contribution is -0.190. The Bertz CT molecular complexity index is 1090. The number of halogens is 3. The van der Waals surface area contributed by atoms with Gasteiger partial charge in [0.05, 0.1) is 24.1 Å². The maximum absolute atomic E-state index is 14.7. The van der Waals surface area contributed by atoms with Crippen molar-refractivity contribution in [1.29, 1.82) is 0 Å². The average Bonchev–Trinajstić information content (AvgIpc) is 3.31. The van der Waals surface area contributed by atoms with Crippen molar-refractivity contribution in [3.8, 4) is 0 Å². The number of amides is 3. The molecule has 0 spiro atoms. The molecule has 1 saturated heterocycles. The Kier molecular flexibility index (Phi) is 6.14. The van der Waals surface area contributed by atoms with Crippen LogP contribution in [0.3, 0.4) is 0 Å². The number of anilines is 1. The summed E-state index contributed by atoms with van der Waals surface area (Å²) in [6, 6.07) is 10.5. The molecule has 0 aliphatic carbocycles. The molecule has 1 aliphatic heterocycles. The van der Waals surface area contributed by atoms with E-state index in [1.165, 1.54) is 58.2 Å². The fraction of sp³-hybridized carbons (Fsp3) is 0.348. The van der Waals surface area contributed by atoms with Crippen molar-refractivity contribution in [3.05, 3.63) is 65.8 Å². The van der Waals surface area contributed by atoms with Gasteiger partial charge in [-0.25, -0.2) is 4.90 Å². The van der Waals surface area contributed by atoms with E-state index in [1.807, 2.05) is 5.32 Å². The van der Waals surface area contributed by atoms with Gasteiger partial charge in [0, 0.05) is 11.1 Å². The SMILES string of the molecule is C/C(NCc1ccco1)=C1/C(=O)N(c2ccccc2)C(=O)[C@@]1(NC(=O)C(C)(C)C)C(F)(F)F. The second-order valence-electron chi connectivity index (χ2n) is 8.67. The third-order valence-corrected chi connectivity index (χ3v) is 5.22. The summed E-state index contributed by atoms with van der Waals surface area (Å²) in [6.07, 6.45) is -3.92. The molecule has 0 radical (unpaired) electrons.